The first-order valence-corrected chi connectivity index (χ1v) is 7.30. The number of nitrogens with one attached hydrogen (secondary N) is 1. The monoisotopic (exact) mass is 271 g/mol. The van der Waals surface area contributed by atoms with Gasteiger partial charge in [-0.25, -0.2) is 4.98 Å². The highest BCUT2D eigenvalue weighted by Gasteiger charge is 2.19. The predicted molar refractivity (Wildman–Crippen MR) is 80.9 cm³/mol. The van der Waals surface area contributed by atoms with Gasteiger partial charge in [0.05, 0.1) is 23.3 Å². The van der Waals surface area contributed by atoms with Crippen LogP contribution >= 0.6 is 0 Å². The summed E-state index contributed by atoms with van der Waals surface area (Å²) in [5, 5.41) is 13.0. The smallest absolute Gasteiger partial charge is 0.145 e. The van der Waals surface area contributed by atoms with Crippen LogP contribution < -0.4 is 5.32 Å². The zero-order valence-corrected chi connectivity index (χ0v) is 12.1. The number of aliphatic hydroxyl groups is 1. The van der Waals surface area contributed by atoms with Crippen molar-refractivity contribution in [3.8, 4) is 0 Å². The van der Waals surface area contributed by atoms with Crippen molar-refractivity contribution in [2.45, 2.75) is 51.7 Å². The van der Waals surface area contributed by atoms with Crippen molar-refractivity contribution in [3.63, 3.8) is 0 Å². The van der Waals surface area contributed by atoms with E-state index in [0.717, 1.165) is 42.5 Å². The summed E-state index contributed by atoms with van der Waals surface area (Å²) < 4.78 is 0. The molecule has 2 aromatic rings. The van der Waals surface area contributed by atoms with E-state index in [4.69, 9.17) is 0 Å². The lowest BCUT2D eigenvalue weighted by Gasteiger charge is -2.26. The van der Waals surface area contributed by atoms with Crippen LogP contribution in [0.25, 0.3) is 11.0 Å². The number of rotatable bonds is 2. The SMILES string of the molecule is Cc1cc2ncc(NC3CCC(O)CC3)nc2cc1C. The zero-order chi connectivity index (χ0) is 14.1. The van der Waals surface area contributed by atoms with Gasteiger partial charge in [-0.1, -0.05) is 0 Å². The van der Waals surface area contributed by atoms with E-state index in [1.807, 2.05) is 6.20 Å². The van der Waals surface area contributed by atoms with Crippen molar-refractivity contribution >= 4 is 16.9 Å². The van der Waals surface area contributed by atoms with Crippen LogP contribution in [0.5, 0.6) is 0 Å². The first kappa shape index (κ1) is 13.3. The normalized spacial score (nSPS) is 22.9. The fraction of sp³-hybridized carbons (Fsp3) is 0.500. The molecule has 1 saturated carbocycles. The van der Waals surface area contributed by atoms with E-state index in [-0.39, 0.29) is 6.10 Å². The quantitative estimate of drug-likeness (QED) is 0.881. The van der Waals surface area contributed by atoms with Gasteiger partial charge in [-0.15, -0.1) is 0 Å². The Balaban J connectivity index is 1.80. The molecule has 1 aliphatic carbocycles. The Morgan fingerprint density at radius 1 is 1.05 bits per heavy atom. The second kappa shape index (κ2) is 5.37. The Morgan fingerprint density at radius 3 is 2.40 bits per heavy atom. The van der Waals surface area contributed by atoms with Gasteiger partial charge in [0, 0.05) is 6.04 Å². The van der Waals surface area contributed by atoms with Gasteiger partial charge in [-0.3, -0.25) is 4.98 Å². The van der Waals surface area contributed by atoms with Gasteiger partial charge >= 0.3 is 0 Å². The minimum atomic E-state index is -0.124. The molecule has 4 nitrogen and oxygen atoms in total. The van der Waals surface area contributed by atoms with Crippen LogP contribution in [-0.4, -0.2) is 27.2 Å². The van der Waals surface area contributed by atoms with Crippen molar-refractivity contribution < 1.29 is 5.11 Å². The molecule has 0 saturated heterocycles. The largest absolute Gasteiger partial charge is 0.393 e. The van der Waals surface area contributed by atoms with Gasteiger partial charge in [0.1, 0.15) is 5.82 Å². The molecule has 0 aliphatic heterocycles. The number of nitrogens with zero attached hydrogens (tertiary/aromatic N) is 2. The minimum Gasteiger partial charge on any atom is -0.393 e. The summed E-state index contributed by atoms with van der Waals surface area (Å²) in [5.74, 6) is 0.835. The zero-order valence-electron chi connectivity index (χ0n) is 12.1. The lowest BCUT2D eigenvalue weighted by atomic mass is 9.93. The average Bonchev–Trinajstić information content (AvgIpc) is 2.43. The molecule has 0 atom stereocenters. The van der Waals surface area contributed by atoms with Crippen LogP contribution in [-0.2, 0) is 0 Å². The van der Waals surface area contributed by atoms with Gasteiger partial charge in [-0.2, -0.15) is 0 Å². The first-order valence-electron chi connectivity index (χ1n) is 7.30. The van der Waals surface area contributed by atoms with E-state index in [9.17, 15) is 5.11 Å². The first-order chi connectivity index (χ1) is 9.61. The third kappa shape index (κ3) is 2.75. The Hall–Kier alpha value is -1.68. The van der Waals surface area contributed by atoms with Gasteiger partial charge in [0.25, 0.3) is 0 Å². The molecule has 1 heterocycles. The number of aryl methyl sites for hydroxylation is 2. The van der Waals surface area contributed by atoms with Crippen LogP contribution in [0.15, 0.2) is 18.3 Å². The summed E-state index contributed by atoms with van der Waals surface area (Å²) >= 11 is 0. The van der Waals surface area contributed by atoms with Crippen molar-refractivity contribution in [2.24, 2.45) is 0 Å². The van der Waals surface area contributed by atoms with Crippen molar-refractivity contribution in [3.05, 3.63) is 29.5 Å². The molecule has 1 aromatic carbocycles. The molecule has 3 rings (SSSR count). The third-order valence-electron chi connectivity index (χ3n) is 4.21. The molecule has 0 radical (unpaired) electrons. The molecule has 0 amide bonds. The van der Waals surface area contributed by atoms with Crippen molar-refractivity contribution in [1.29, 1.82) is 0 Å². The lowest BCUT2D eigenvalue weighted by molar-refractivity contribution is 0.126. The molecule has 0 unspecified atom stereocenters. The summed E-state index contributed by atoms with van der Waals surface area (Å²) in [7, 11) is 0. The highest BCUT2D eigenvalue weighted by molar-refractivity contribution is 5.77. The lowest BCUT2D eigenvalue weighted by Crippen LogP contribution is -2.28. The highest BCUT2D eigenvalue weighted by atomic mass is 16.3. The number of hydrogen-bond donors (Lipinski definition) is 2. The summed E-state index contributed by atoms with van der Waals surface area (Å²) in [6.07, 6.45) is 5.42. The molecule has 1 aliphatic rings. The maximum Gasteiger partial charge on any atom is 0.145 e. The van der Waals surface area contributed by atoms with E-state index < -0.39 is 0 Å². The summed E-state index contributed by atoms with van der Waals surface area (Å²) in [5.41, 5.74) is 4.37. The van der Waals surface area contributed by atoms with Gasteiger partial charge < -0.3 is 10.4 Å². The number of fused-ring (bicyclic) bond motifs is 1. The fourth-order valence-electron chi connectivity index (χ4n) is 2.77. The highest BCUT2D eigenvalue weighted by Crippen LogP contribution is 2.22. The molecule has 0 bridgehead atoms. The number of benzene rings is 1. The molecule has 1 aromatic heterocycles. The fourth-order valence-corrected chi connectivity index (χ4v) is 2.77. The number of hydrogen-bond acceptors (Lipinski definition) is 4. The van der Waals surface area contributed by atoms with Gasteiger partial charge in [-0.05, 0) is 62.8 Å². The van der Waals surface area contributed by atoms with Crippen LogP contribution in [0.4, 0.5) is 5.82 Å². The Bertz CT molecular complexity index is 618. The molecular formula is C16H21N3O. The van der Waals surface area contributed by atoms with Crippen LogP contribution in [0.3, 0.4) is 0 Å². The Labute approximate surface area is 119 Å². The summed E-state index contributed by atoms with van der Waals surface area (Å²) in [6, 6.07) is 4.57. The van der Waals surface area contributed by atoms with Crippen LogP contribution in [0, 0.1) is 13.8 Å². The third-order valence-corrected chi connectivity index (χ3v) is 4.21. The van der Waals surface area contributed by atoms with E-state index in [0.29, 0.717) is 6.04 Å². The molecule has 106 valence electrons. The molecule has 1 fully saturated rings. The van der Waals surface area contributed by atoms with Gasteiger partial charge in [0.2, 0.25) is 0 Å². The number of aliphatic hydroxyl groups excluding tert-OH is 1. The van der Waals surface area contributed by atoms with Crippen LogP contribution in [0.2, 0.25) is 0 Å². The topological polar surface area (TPSA) is 58.0 Å². The van der Waals surface area contributed by atoms with E-state index >= 15 is 0 Å². The summed E-state index contributed by atoms with van der Waals surface area (Å²) in [4.78, 5) is 9.14. The maximum absolute atomic E-state index is 9.54. The minimum absolute atomic E-state index is 0.124. The molecule has 0 spiro atoms. The van der Waals surface area contributed by atoms with Crippen molar-refractivity contribution in [1.82, 2.24) is 9.97 Å². The van der Waals surface area contributed by atoms with Gasteiger partial charge in [0.15, 0.2) is 0 Å². The molecule has 4 heteroatoms. The standard InChI is InChI=1S/C16H21N3O/c1-10-7-14-15(8-11(10)2)19-16(9-17-14)18-12-3-5-13(20)6-4-12/h7-9,12-13,20H,3-6H2,1-2H3,(H,18,19). The Kier molecular flexibility index (Phi) is 3.57. The van der Waals surface area contributed by atoms with E-state index in [2.05, 4.69) is 41.3 Å². The second-order valence-electron chi connectivity index (χ2n) is 5.83. The number of aromatic nitrogens is 2. The second-order valence-corrected chi connectivity index (χ2v) is 5.83. The average molecular weight is 271 g/mol. The summed E-state index contributed by atoms with van der Waals surface area (Å²) in [6.45, 7) is 4.19. The van der Waals surface area contributed by atoms with E-state index in [1.165, 1.54) is 11.1 Å². The Morgan fingerprint density at radius 2 is 1.70 bits per heavy atom. The van der Waals surface area contributed by atoms with Crippen LogP contribution in [0.1, 0.15) is 36.8 Å². The molecule has 2 N–H and O–H groups in total. The number of anilines is 1. The molecular weight excluding hydrogens is 250 g/mol. The molecule has 20 heavy (non-hydrogen) atoms. The predicted octanol–water partition coefficient (Wildman–Crippen LogP) is 2.96. The van der Waals surface area contributed by atoms with E-state index in [1.54, 1.807) is 0 Å². The van der Waals surface area contributed by atoms with Crippen molar-refractivity contribution in [2.75, 3.05) is 5.32 Å². The maximum atomic E-state index is 9.54.